The van der Waals surface area contributed by atoms with E-state index in [-0.39, 0.29) is 5.97 Å². The molecule has 2 aromatic rings. The van der Waals surface area contributed by atoms with E-state index in [1.165, 1.54) is 5.56 Å². The first-order valence-electron chi connectivity index (χ1n) is 5.53. The summed E-state index contributed by atoms with van der Waals surface area (Å²) in [6.07, 6.45) is 0. The van der Waals surface area contributed by atoms with E-state index in [1.54, 1.807) is 11.3 Å². The number of carbonyl (C=O) groups excluding carboxylic acids is 1. The Bertz CT molecular complexity index is 511. The zero-order valence-corrected chi connectivity index (χ0v) is 10.7. The van der Waals surface area contributed by atoms with Crippen molar-refractivity contribution in [2.45, 2.75) is 13.8 Å². The minimum absolute atomic E-state index is 0.248. The lowest BCUT2D eigenvalue weighted by atomic mass is 10.1. The molecular formula is C14H14O2S. The highest BCUT2D eigenvalue weighted by Crippen LogP contribution is 2.27. The first kappa shape index (κ1) is 11.9. The minimum Gasteiger partial charge on any atom is -0.462 e. The van der Waals surface area contributed by atoms with Crippen molar-refractivity contribution in [1.82, 2.24) is 0 Å². The van der Waals surface area contributed by atoms with Crippen LogP contribution in [0, 0.1) is 6.92 Å². The van der Waals surface area contributed by atoms with Crippen molar-refractivity contribution in [3.63, 3.8) is 0 Å². The predicted molar refractivity (Wildman–Crippen MR) is 70.4 cm³/mol. The number of hydrogen-bond acceptors (Lipinski definition) is 3. The van der Waals surface area contributed by atoms with Crippen molar-refractivity contribution in [2.75, 3.05) is 6.61 Å². The summed E-state index contributed by atoms with van der Waals surface area (Å²) in [5.41, 5.74) is 3.00. The van der Waals surface area contributed by atoms with Crippen molar-refractivity contribution < 1.29 is 9.53 Å². The van der Waals surface area contributed by atoms with Crippen molar-refractivity contribution in [1.29, 1.82) is 0 Å². The fourth-order valence-electron chi connectivity index (χ4n) is 1.53. The summed E-state index contributed by atoms with van der Waals surface area (Å²) in [5, 5.41) is 1.84. The molecule has 1 aromatic heterocycles. The van der Waals surface area contributed by atoms with Gasteiger partial charge in [0.2, 0.25) is 0 Å². The van der Waals surface area contributed by atoms with Crippen LogP contribution in [0.4, 0.5) is 0 Å². The number of carbonyl (C=O) groups is 1. The van der Waals surface area contributed by atoms with E-state index in [0.717, 1.165) is 10.4 Å². The molecule has 0 unspecified atom stereocenters. The zero-order chi connectivity index (χ0) is 12.3. The molecule has 0 aliphatic carbocycles. The molecule has 0 aliphatic heterocycles. The van der Waals surface area contributed by atoms with E-state index in [4.69, 9.17) is 4.74 Å². The third-order valence-electron chi connectivity index (χ3n) is 2.45. The van der Waals surface area contributed by atoms with E-state index in [2.05, 4.69) is 31.2 Å². The van der Waals surface area contributed by atoms with Gasteiger partial charge in [0.05, 0.1) is 12.2 Å². The molecule has 0 atom stereocenters. The average molecular weight is 246 g/mol. The number of benzene rings is 1. The van der Waals surface area contributed by atoms with Gasteiger partial charge in [0.1, 0.15) is 0 Å². The molecule has 3 heteroatoms. The molecule has 1 heterocycles. The molecule has 0 amide bonds. The predicted octanol–water partition coefficient (Wildman–Crippen LogP) is 3.90. The maximum Gasteiger partial charge on any atom is 0.338 e. The number of hydrogen-bond donors (Lipinski definition) is 0. The third-order valence-corrected chi connectivity index (χ3v) is 3.43. The maximum atomic E-state index is 11.5. The molecule has 0 fully saturated rings. The Morgan fingerprint density at radius 2 is 2.00 bits per heavy atom. The number of thiophene rings is 1. The molecule has 2 nitrogen and oxygen atoms in total. The second kappa shape index (κ2) is 5.15. The first-order valence-corrected chi connectivity index (χ1v) is 6.41. The van der Waals surface area contributed by atoms with Crippen LogP contribution in [0.1, 0.15) is 22.8 Å². The van der Waals surface area contributed by atoms with Gasteiger partial charge in [-0.1, -0.05) is 29.8 Å². The zero-order valence-electron chi connectivity index (χ0n) is 9.90. The van der Waals surface area contributed by atoms with Gasteiger partial charge in [-0.15, -0.1) is 11.3 Å². The maximum absolute atomic E-state index is 11.5. The Morgan fingerprint density at radius 3 is 2.65 bits per heavy atom. The van der Waals surface area contributed by atoms with Crippen LogP contribution in [0.5, 0.6) is 0 Å². The molecular weight excluding hydrogens is 232 g/mol. The monoisotopic (exact) mass is 246 g/mol. The molecule has 0 spiro atoms. The van der Waals surface area contributed by atoms with Crippen LogP contribution in [0.2, 0.25) is 0 Å². The molecule has 1 aromatic carbocycles. The molecule has 88 valence electrons. The van der Waals surface area contributed by atoms with E-state index < -0.39 is 0 Å². The minimum atomic E-state index is -0.248. The summed E-state index contributed by atoms with van der Waals surface area (Å²) in [7, 11) is 0. The van der Waals surface area contributed by atoms with Crippen molar-refractivity contribution >= 4 is 17.3 Å². The van der Waals surface area contributed by atoms with E-state index in [1.807, 2.05) is 18.4 Å². The highest BCUT2D eigenvalue weighted by molar-refractivity contribution is 7.13. The fourth-order valence-corrected chi connectivity index (χ4v) is 2.41. The molecule has 0 N–H and O–H groups in total. The molecule has 0 bridgehead atoms. The van der Waals surface area contributed by atoms with Gasteiger partial charge in [-0.05, 0) is 25.5 Å². The van der Waals surface area contributed by atoms with Crippen molar-refractivity contribution in [2.24, 2.45) is 0 Å². The molecule has 17 heavy (non-hydrogen) atoms. The number of rotatable bonds is 3. The SMILES string of the molecule is CCOC(=O)c1csc(-c2ccc(C)cc2)c1. The van der Waals surface area contributed by atoms with Crippen LogP contribution >= 0.6 is 11.3 Å². The van der Waals surface area contributed by atoms with E-state index in [0.29, 0.717) is 12.2 Å². The standard InChI is InChI=1S/C14H14O2S/c1-3-16-14(15)12-8-13(17-9-12)11-6-4-10(2)5-7-11/h4-9H,3H2,1-2H3. The normalized spacial score (nSPS) is 10.2. The highest BCUT2D eigenvalue weighted by atomic mass is 32.1. The Hall–Kier alpha value is -1.61. The number of esters is 1. The summed E-state index contributed by atoms with van der Waals surface area (Å²) in [6, 6.07) is 10.2. The quantitative estimate of drug-likeness (QED) is 0.768. The van der Waals surface area contributed by atoms with Gasteiger partial charge in [-0.2, -0.15) is 0 Å². The van der Waals surface area contributed by atoms with Crippen LogP contribution in [0.3, 0.4) is 0 Å². The number of aryl methyl sites for hydroxylation is 1. The Morgan fingerprint density at radius 1 is 1.29 bits per heavy atom. The smallest absolute Gasteiger partial charge is 0.338 e. The van der Waals surface area contributed by atoms with Gasteiger partial charge in [-0.3, -0.25) is 0 Å². The van der Waals surface area contributed by atoms with Crippen LogP contribution in [0.25, 0.3) is 10.4 Å². The molecule has 2 rings (SSSR count). The lowest BCUT2D eigenvalue weighted by Crippen LogP contribution is -2.02. The Labute approximate surface area is 105 Å². The summed E-state index contributed by atoms with van der Waals surface area (Å²) in [4.78, 5) is 12.6. The largest absolute Gasteiger partial charge is 0.462 e. The molecule has 0 aliphatic rings. The van der Waals surface area contributed by atoms with Gasteiger partial charge in [0.15, 0.2) is 0 Å². The van der Waals surface area contributed by atoms with Gasteiger partial charge in [-0.25, -0.2) is 4.79 Å². The van der Waals surface area contributed by atoms with Crippen molar-refractivity contribution in [3.8, 4) is 10.4 Å². The van der Waals surface area contributed by atoms with E-state index >= 15 is 0 Å². The Balaban J connectivity index is 2.23. The van der Waals surface area contributed by atoms with Gasteiger partial charge < -0.3 is 4.74 Å². The third kappa shape index (κ3) is 2.74. The lowest BCUT2D eigenvalue weighted by Gasteiger charge is -1.98. The van der Waals surface area contributed by atoms with Gasteiger partial charge >= 0.3 is 5.97 Å². The van der Waals surface area contributed by atoms with Crippen molar-refractivity contribution in [3.05, 3.63) is 46.8 Å². The Kier molecular flexibility index (Phi) is 3.59. The number of ether oxygens (including phenoxy) is 1. The average Bonchev–Trinajstić information content (AvgIpc) is 2.80. The summed E-state index contributed by atoms with van der Waals surface area (Å²) in [6.45, 7) is 4.28. The molecule has 0 saturated carbocycles. The van der Waals surface area contributed by atoms with Crippen LogP contribution < -0.4 is 0 Å². The first-order chi connectivity index (χ1) is 8.20. The van der Waals surface area contributed by atoms with E-state index in [9.17, 15) is 4.79 Å². The van der Waals surface area contributed by atoms with Gasteiger partial charge in [0.25, 0.3) is 0 Å². The van der Waals surface area contributed by atoms with Crippen LogP contribution in [0.15, 0.2) is 35.7 Å². The molecule has 0 radical (unpaired) electrons. The second-order valence-electron chi connectivity index (χ2n) is 3.79. The summed E-state index contributed by atoms with van der Waals surface area (Å²) in [5.74, 6) is -0.248. The molecule has 0 saturated heterocycles. The van der Waals surface area contributed by atoms with Crippen LogP contribution in [-0.2, 0) is 4.74 Å². The topological polar surface area (TPSA) is 26.3 Å². The highest BCUT2D eigenvalue weighted by Gasteiger charge is 2.10. The lowest BCUT2D eigenvalue weighted by molar-refractivity contribution is 0.0527. The summed E-state index contributed by atoms with van der Waals surface area (Å²) < 4.78 is 4.96. The second-order valence-corrected chi connectivity index (χ2v) is 4.70. The van der Waals surface area contributed by atoms with Crippen LogP contribution in [-0.4, -0.2) is 12.6 Å². The van der Waals surface area contributed by atoms with Gasteiger partial charge in [0, 0.05) is 10.3 Å². The summed E-state index contributed by atoms with van der Waals surface area (Å²) >= 11 is 1.56. The fraction of sp³-hybridized carbons (Fsp3) is 0.214.